The van der Waals surface area contributed by atoms with Crippen molar-refractivity contribution in [2.75, 3.05) is 31.5 Å². The maximum atomic E-state index is 12.9. The minimum atomic E-state index is -0.544. The van der Waals surface area contributed by atoms with Gasteiger partial charge >= 0.3 is 12.1 Å². The van der Waals surface area contributed by atoms with Gasteiger partial charge in [-0.2, -0.15) is 0 Å². The number of carbonyl (C=O) groups is 3. The molecule has 0 radical (unpaired) electrons. The van der Waals surface area contributed by atoms with Crippen LogP contribution in [0.5, 0.6) is 0 Å². The van der Waals surface area contributed by atoms with Gasteiger partial charge in [-0.15, -0.1) is 0 Å². The number of benzene rings is 1. The molecule has 1 aromatic carbocycles. The first-order valence-corrected chi connectivity index (χ1v) is 9.47. The molecule has 0 aromatic heterocycles. The van der Waals surface area contributed by atoms with E-state index in [-0.39, 0.29) is 23.9 Å². The Bertz CT molecular complexity index is 723. The van der Waals surface area contributed by atoms with Crippen molar-refractivity contribution < 1.29 is 14.4 Å². The van der Waals surface area contributed by atoms with Crippen molar-refractivity contribution in [3.05, 3.63) is 29.8 Å². The molecule has 2 aliphatic rings. The summed E-state index contributed by atoms with van der Waals surface area (Å²) in [7, 11) is 0. The topological polar surface area (TPSA) is 93.8 Å². The van der Waals surface area contributed by atoms with Gasteiger partial charge in [0, 0.05) is 31.9 Å². The number of nitrogens with one attached hydrogen (secondary N) is 3. The summed E-state index contributed by atoms with van der Waals surface area (Å²) in [4.78, 5) is 40.6. The summed E-state index contributed by atoms with van der Waals surface area (Å²) >= 11 is 0. The Morgan fingerprint density at radius 2 is 2.11 bits per heavy atom. The highest BCUT2D eigenvalue weighted by Gasteiger charge is 2.36. The van der Waals surface area contributed by atoms with Crippen LogP contribution in [0.4, 0.5) is 15.3 Å². The standard InChI is InChI=1S/C19H27N5O3/c1-3-13(2)16-17(25)22-15-7-5-4-6-14(15)12-24(16)19(27)21-9-11-23-10-8-20-18(23)26/h4-7,13,16H,3,8-12H2,1-2H3,(H,20,26)(H,21,27)(H,22,25). The van der Waals surface area contributed by atoms with Crippen LogP contribution >= 0.6 is 0 Å². The third kappa shape index (κ3) is 4.15. The fraction of sp³-hybridized carbons (Fsp3) is 0.526. The number of carbonyl (C=O) groups excluding carboxylic acids is 3. The molecule has 8 nitrogen and oxygen atoms in total. The molecule has 2 aliphatic heterocycles. The Morgan fingerprint density at radius 1 is 1.33 bits per heavy atom. The monoisotopic (exact) mass is 373 g/mol. The first-order chi connectivity index (χ1) is 13.0. The third-order valence-corrected chi connectivity index (χ3v) is 5.27. The summed E-state index contributed by atoms with van der Waals surface area (Å²) in [6, 6.07) is 6.61. The Hall–Kier alpha value is -2.77. The van der Waals surface area contributed by atoms with E-state index in [2.05, 4.69) is 16.0 Å². The summed E-state index contributed by atoms with van der Waals surface area (Å²) in [5.74, 6) is -0.141. The lowest BCUT2D eigenvalue weighted by molar-refractivity contribution is -0.121. The van der Waals surface area contributed by atoms with Crippen LogP contribution in [0.15, 0.2) is 24.3 Å². The number of anilines is 1. The molecular weight excluding hydrogens is 346 g/mol. The van der Waals surface area contributed by atoms with E-state index >= 15 is 0 Å². The predicted octanol–water partition coefficient (Wildman–Crippen LogP) is 1.59. The van der Waals surface area contributed by atoms with Gasteiger partial charge in [0.05, 0.1) is 6.54 Å². The molecule has 8 heteroatoms. The van der Waals surface area contributed by atoms with Crippen LogP contribution in [0.25, 0.3) is 0 Å². The van der Waals surface area contributed by atoms with Gasteiger partial charge in [-0.3, -0.25) is 4.79 Å². The van der Waals surface area contributed by atoms with Gasteiger partial charge in [-0.05, 0) is 17.5 Å². The van der Waals surface area contributed by atoms with Crippen LogP contribution in [0.2, 0.25) is 0 Å². The molecule has 0 aliphatic carbocycles. The fourth-order valence-corrected chi connectivity index (χ4v) is 3.52. The van der Waals surface area contributed by atoms with Crippen LogP contribution in [0.1, 0.15) is 25.8 Å². The number of para-hydroxylation sites is 1. The molecule has 2 atom stereocenters. The second-order valence-corrected chi connectivity index (χ2v) is 7.06. The zero-order valence-corrected chi connectivity index (χ0v) is 15.8. The number of amides is 5. The quantitative estimate of drug-likeness (QED) is 0.732. The molecule has 27 heavy (non-hydrogen) atoms. The molecule has 1 aromatic rings. The van der Waals surface area contributed by atoms with Crippen LogP contribution in [-0.2, 0) is 11.3 Å². The minimum absolute atomic E-state index is 0.0226. The predicted molar refractivity (Wildman–Crippen MR) is 102 cm³/mol. The molecule has 2 unspecified atom stereocenters. The van der Waals surface area contributed by atoms with E-state index in [1.165, 1.54) is 0 Å². The van der Waals surface area contributed by atoms with Crippen LogP contribution in [-0.4, -0.2) is 60.0 Å². The van der Waals surface area contributed by atoms with Crippen LogP contribution < -0.4 is 16.0 Å². The summed E-state index contributed by atoms with van der Waals surface area (Å²) in [5, 5.41) is 8.57. The van der Waals surface area contributed by atoms with E-state index in [9.17, 15) is 14.4 Å². The van der Waals surface area contributed by atoms with Gasteiger partial charge in [0.1, 0.15) is 6.04 Å². The molecule has 146 valence electrons. The maximum absolute atomic E-state index is 12.9. The van der Waals surface area contributed by atoms with Crippen LogP contribution in [0.3, 0.4) is 0 Å². The number of hydrogen-bond acceptors (Lipinski definition) is 3. The van der Waals surface area contributed by atoms with Crippen molar-refractivity contribution in [2.24, 2.45) is 5.92 Å². The fourth-order valence-electron chi connectivity index (χ4n) is 3.52. The van der Waals surface area contributed by atoms with E-state index in [0.717, 1.165) is 17.7 Å². The lowest BCUT2D eigenvalue weighted by atomic mass is 9.97. The lowest BCUT2D eigenvalue weighted by Crippen LogP contribution is -2.53. The SMILES string of the molecule is CCC(C)C1C(=O)Nc2ccccc2CN1C(=O)NCCN1CCNC1=O. The second-order valence-electron chi connectivity index (χ2n) is 7.06. The van der Waals surface area contributed by atoms with Gasteiger partial charge < -0.3 is 25.8 Å². The average molecular weight is 373 g/mol. The number of hydrogen-bond donors (Lipinski definition) is 3. The molecule has 3 rings (SSSR count). The van der Waals surface area contributed by atoms with Crippen molar-refractivity contribution in [1.82, 2.24) is 20.4 Å². The molecule has 2 heterocycles. The molecule has 5 amide bonds. The molecule has 0 saturated carbocycles. The molecule has 0 bridgehead atoms. The van der Waals surface area contributed by atoms with Gasteiger partial charge in [-0.25, -0.2) is 9.59 Å². The van der Waals surface area contributed by atoms with Gasteiger partial charge in [0.2, 0.25) is 5.91 Å². The van der Waals surface area contributed by atoms with E-state index in [1.807, 2.05) is 38.1 Å². The smallest absolute Gasteiger partial charge is 0.318 e. The molecule has 0 spiro atoms. The molecule has 3 N–H and O–H groups in total. The van der Waals surface area contributed by atoms with Crippen molar-refractivity contribution in [1.29, 1.82) is 0 Å². The summed E-state index contributed by atoms with van der Waals surface area (Å²) in [5.41, 5.74) is 1.66. The molecular formula is C19H27N5O3. The highest BCUT2D eigenvalue weighted by Crippen LogP contribution is 2.27. The number of fused-ring (bicyclic) bond motifs is 1. The molecule has 1 saturated heterocycles. The summed E-state index contributed by atoms with van der Waals surface area (Å²) < 4.78 is 0. The summed E-state index contributed by atoms with van der Waals surface area (Å²) in [6.45, 7) is 6.42. The Labute approximate surface area is 159 Å². The van der Waals surface area contributed by atoms with Crippen molar-refractivity contribution in [3.63, 3.8) is 0 Å². The highest BCUT2D eigenvalue weighted by molar-refractivity contribution is 5.98. The maximum Gasteiger partial charge on any atom is 0.318 e. The van der Waals surface area contributed by atoms with E-state index in [0.29, 0.717) is 32.7 Å². The zero-order chi connectivity index (χ0) is 19.4. The zero-order valence-electron chi connectivity index (χ0n) is 15.8. The Balaban J connectivity index is 1.73. The number of nitrogens with zero attached hydrogens (tertiary/aromatic N) is 2. The first-order valence-electron chi connectivity index (χ1n) is 9.47. The summed E-state index contributed by atoms with van der Waals surface area (Å²) in [6.07, 6.45) is 0.784. The van der Waals surface area contributed by atoms with Gasteiger partial charge in [-0.1, -0.05) is 38.5 Å². The normalized spacial score (nSPS) is 20.4. The van der Waals surface area contributed by atoms with Gasteiger partial charge in [0.15, 0.2) is 0 Å². The van der Waals surface area contributed by atoms with Crippen molar-refractivity contribution in [3.8, 4) is 0 Å². The number of rotatable bonds is 5. The Morgan fingerprint density at radius 3 is 2.81 bits per heavy atom. The van der Waals surface area contributed by atoms with Gasteiger partial charge in [0.25, 0.3) is 0 Å². The average Bonchev–Trinajstić information content (AvgIpc) is 2.99. The highest BCUT2D eigenvalue weighted by atomic mass is 16.2. The molecule has 1 fully saturated rings. The third-order valence-electron chi connectivity index (χ3n) is 5.27. The number of urea groups is 2. The second kappa shape index (κ2) is 8.28. The van der Waals surface area contributed by atoms with Crippen LogP contribution in [0, 0.1) is 5.92 Å². The minimum Gasteiger partial charge on any atom is -0.336 e. The van der Waals surface area contributed by atoms with Crippen molar-refractivity contribution in [2.45, 2.75) is 32.9 Å². The Kier molecular flexibility index (Phi) is 5.83. The first kappa shape index (κ1) is 19.0. The van der Waals surface area contributed by atoms with E-state index < -0.39 is 6.04 Å². The lowest BCUT2D eigenvalue weighted by Gasteiger charge is -2.32. The largest absolute Gasteiger partial charge is 0.336 e. The van der Waals surface area contributed by atoms with Crippen molar-refractivity contribution >= 4 is 23.7 Å². The van der Waals surface area contributed by atoms with E-state index in [1.54, 1.807) is 9.80 Å². The van der Waals surface area contributed by atoms with E-state index in [4.69, 9.17) is 0 Å².